The molecular formula is C14H16N4O3. The fourth-order valence-corrected chi connectivity index (χ4v) is 2.06. The maximum Gasteiger partial charge on any atom is 0.293 e. The fraction of sp³-hybridized carbons (Fsp3) is 0.286. The topological polar surface area (TPSA) is 90.1 Å². The zero-order valence-electron chi connectivity index (χ0n) is 12.1. The number of benzene rings is 1. The van der Waals surface area contributed by atoms with Gasteiger partial charge in [-0.25, -0.2) is 0 Å². The van der Waals surface area contributed by atoms with Gasteiger partial charge in [-0.3, -0.25) is 19.6 Å². The van der Waals surface area contributed by atoms with Crippen molar-refractivity contribution in [1.82, 2.24) is 9.78 Å². The lowest BCUT2D eigenvalue weighted by Crippen LogP contribution is -2.20. The number of nitrogens with one attached hydrogen (secondary N) is 1. The van der Waals surface area contributed by atoms with E-state index >= 15 is 0 Å². The van der Waals surface area contributed by atoms with Gasteiger partial charge in [0, 0.05) is 11.8 Å². The quantitative estimate of drug-likeness (QED) is 0.690. The van der Waals surface area contributed by atoms with E-state index in [1.807, 2.05) is 19.9 Å². The molecule has 7 heteroatoms. The monoisotopic (exact) mass is 288 g/mol. The Labute approximate surface area is 121 Å². The molecule has 0 radical (unpaired) electrons. The van der Waals surface area contributed by atoms with Crippen LogP contribution in [0.4, 0.5) is 11.4 Å². The molecule has 2 aromatic rings. The summed E-state index contributed by atoms with van der Waals surface area (Å²) in [5.74, 6) is -0.354. The summed E-state index contributed by atoms with van der Waals surface area (Å²) in [4.78, 5) is 22.5. The van der Waals surface area contributed by atoms with Crippen LogP contribution in [0.2, 0.25) is 0 Å². The van der Waals surface area contributed by atoms with E-state index in [4.69, 9.17) is 0 Å². The molecule has 2 rings (SSSR count). The van der Waals surface area contributed by atoms with Crippen molar-refractivity contribution >= 4 is 17.3 Å². The molecule has 7 nitrogen and oxygen atoms in total. The standard InChI is InChI=1S/C14H16N4O3/c1-9-4-5-12(13(6-9)18(20)21)15-14(19)8-17-11(3)7-10(2)16-17/h4-7H,8H2,1-3H3,(H,15,19). The van der Waals surface area contributed by atoms with Gasteiger partial charge in [0.25, 0.3) is 5.69 Å². The minimum atomic E-state index is -0.508. The molecule has 0 aliphatic rings. The molecule has 0 bridgehead atoms. The Hall–Kier alpha value is -2.70. The summed E-state index contributed by atoms with van der Waals surface area (Å²) in [6.45, 7) is 5.47. The van der Waals surface area contributed by atoms with E-state index in [0.717, 1.165) is 17.0 Å². The molecule has 1 N–H and O–H groups in total. The maximum absolute atomic E-state index is 12.0. The third-order valence-electron chi connectivity index (χ3n) is 3.02. The summed E-state index contributed by atoms with van der Waals surface area (Å²) in [6.07, 6.45) is 0. The molecule has 1 heterocycles. The number of carbonyl (C=O) groups excluding carboxylic acids is 1. The van der Waals surface area contributed by atoms with Crippen LogP contribution in [0.5, 0.6) is 0 Å². The number of carbonyl (C=O) groups is 1. The van der Waals surface area contributed by atoms with Crippen LogP contribution >= 0.6 is 0 Å². The normalized spacial score (nSPS) is 10.4. The molecule has 1 aromatic heterocycles. The van der Waals surface area contributed by atoms with E-state index in [1.54, 1.807) is 17.7 Å². The van der Waals surface area contributed by atoms with Crippen LogP contribution in [-0.4, -0.2) is 20.6 Å². The van der Waals surface area contributed by atoms with E-state index in [0.29, 0.717) is 0 Å². The molecule has 0 fully saturated rings. The molecule has 0 aliphatic heterocycles. The Balaban J connectivity index is 2.16. The largest absolute Gasteiger partial charge is 0.319 e. The fourth-order valence-electron chi connectivity index (χ4n) is 2.06. The number of aryl methyl sites for hydroxylation is 3. The van der Waals surface area contributed by atoms with Crippen molar-refractivity contribution in [2.75, 3.05) is 5.32 Å². The number of nitro groups is 1. The van der Waals surface area contributed by atoms with Crippen LogP contribution in [0.1, 0.15) is 17.0 Å². The van der Waals surface area contributed by atoms with Gasteiger partial charge in [-0.2, -0.15) is 5.10 Å². The first-order valence-electron chi connectivity index (χ1n) is 6.43. The lowest BCUT2D eigenvalue weighted by Gasteiger charge is -2.08. The third-order valence-corrected chi connectivity index (χ3v) is 3.02. The van der Waals surface area contributed by atoms with Crippen LogP contribution < -0.4 is 5.32 Å². The molecule has 110 valence electrons. The van der Waals surface area contributed by atoms with Gasteiger partial charge in [0.05, 0.1) is 10.6 Å². The van der Waals surface area contributed by atoms with Gasteiger partial charge in [0.2, 0.25) is 5.91 Å². The van der Waals surface area contributed by atoms with Crippen LogP contribution in [0.25, 0.3) is 0 Å². The summed E-state index contributed by atoms with van der Waals surface area (Å²) in [5, 5.41) is 17.8. The van der Waals surface area contributed by atoms with Crippen molar-refractivity contribution in [3.8, 4) is 0 Å². The first-order chi connectivity index (χ1) is 9.86. The Kier molecular flexibility index (Phi) is 4.02. The van der Waals surface area contributed by atoms with E-state index in [-0.39, 0.29) is 23.8 Å². The van der Waals surface area contributed by atoms with Crippen molar-refractivity contribution < 1.29 is 9.72 Å². The average Bonchev–Trinajstić information content (AvgIpc) is 2.69. The van der Waals surface area contributed by atoms with Gasteiger partial charge in [0.15, 0.2) is 0 Å². The van der Waals surface area contributed by atoms with Crippen molar-refractivity contribution in [1.29, 1.82) is 0 Å². The molecule has 0 spiro atoms. The Morgan fingerprint density at radius 1 is 1.33 bits per heavy atom. The first kappa shape index (κ1) is 14.7. The maximum atomic E-state index is 12.0. The van der Waals surface area contributed by atoms with Crippen molar-refractivity contribution in [3.63, 3.8) is 0 Å². The number of amides is 1. The Morgan fingerprint density at radius 3 is 2.62 bits per heavy atom. The highest BCUT2D eigenvalue weighted by Crippen LogP contribution is 2.25. The zero-order valence-corrected chi connectivity index (χ0v) is 12.1. The lowest BCUT2D eigenvalue weighted by molar-refractivity contribution is -0.384. The van der Waals surface area contributed by atoms with Gasteiger partial charge in [-0.15, -0.1) is 0 Å². The summed E-state index contributed by atoms with van der Waals surface area (Å²) >= 11 is 0. The molecule has 0 saturated carbocycles. The Bertz CT molecular complexity index is 706. The molecule has 0 saturated heterocycles. The number of hydrogen-bond donors (Lipinski definition) is 1. The number of nitro benzene ring substituents is 1. The van der Waals surface area contributed by atoms with Crippen molar-refractivity contribution in [3.05, 3.63) is 51.3 Å². The second-order valence-corrected chi connectivity index (χ2v) is 4.91. The second kappa shape index (κ2) is 5.74. The molecule has 0 aliphatic carbocycles. The summed E-state index contributed by atoms with van der Waals surface area (Å²) in [7, 11) is 0. The number of anilines is 1. The molecule has 21 heavy (non-hydrogen) atoms. The highest BCUT2D eigenvalue weighted by atomic mass is 16.6. The minimum absolute atomic E-state index is 0.0186. The average molecular weight is 288 g/mol. The van der Waals surface area contributed by atoms with E-state index in [9.17, 15) is 14.9 Å². The van der Waals surface area contributed by atoms with Crippen LogP contribution in [0.15, 0.2) is 24.3 Å². The lowest BCUT2D eigenvalue weighted by atomic mass is 10.2. The zero-order chi connectivity index (χ0) is 15.6. The molecule has 1 amide bonds. The summed E-state index contributed by atoms with van der Waals surface area (Å²) in [5.41, 5.74) is 2.52. The first-order valence-corrected chi connectivity index (χ1v) is 6.43. The number of aromatic nitrogens is 2. The molecule has 1 aromatic carbocycles. The van der Waals surface area contributed by atoms with Gasteiger partial charge in [-0.1, -0.05) is 6.07 Å². The number of rotatable bonds is 4. The molecular weight excluding hydrogens is 272 g/mol. The molecule has 0 atom stereocenters. The van der Waals surface area contributed by atoms with Crippen LogP contribution in [-0.2, 0) is 11.3 Å². The number of hydrogen-bond acceptors (Lipinski definition) is 4. The molecule has 0 unspecified atom stereocenters. The Morgan fingerprint density at radius 2 is 2.05 bits per heavy atom. The highest BCUT2D eigenvalue weighted by Gasteiger charge is 2.16. The van der Waals surface area contributed by atoms with Crippen molar-refractivity contribution in [2.24, 2.45) is 0 Å². The predicted molar refractivity (Wildman–Crippen MR) is 78.2 cm³/mol. The van der Waals surface area contributed by atoms with Crippen molar-refractivity contribution in [2.45, 2.75) is 27.3 Å². The number of nitrogens with zero attached hydrogens (tertiary/aromatic N) is 3. The van der Waals surface area contributed by atoms with E-state index in [1.165, 1.54) is 12.1 Å². The minimum Gasteiger partial charge on any atom is -0.319 e. The van der Waals surface area contributed by atoms with Crippen LogP contribution in [0.3, 0.4) is 0 Å². The van der Waals surface area contributed by atoms with Gasteiger partial charge >= 0.3 is 0 Å². The second-order valence-electron chi connectivity index (χ2n) is 4.91. The summed E-state index contributed by atoms with van der Waals surface area (Å²) in [6, 6.07) is 6.54. The van der Waals surface area contributed by atoms with E-state index < -0.39 is 4.92 Å². The van der Waals surface area contributed by atoms with Gasteiger partial charge in [-0.05, 0) is 38.5 Å². The van der Waals surface area contributed by atoms with Gasteiger partial charge < -0.3 is 5.32 Å². The smallest absolute Gasteiger partial charge is 0.293 e. The van der Waals surface area contributed by atoms with Crippen LogP contribution in [0, 0.1) is 30.9 Å². The highest BCUT2D eigenvalue weighted by molar-refractivity contribution is 5.93. The van der Waals surface area contributed by atoms with E-state index in [2.05, 4.69) is 10.4 Å². The summed E-state index contributed by atoms with van der Waals surface area (Å²) < 4.78 is 1.56. The third kappa shape index (κ3) is 3.44. The SMILES string of the molecule is Cc1ccc(NC(=O)Cn2nc(C)cc2C)c([N+](=O)[O-])c1. The van der Waals surface area contributed by atoms with Gasteiger partial charge in [0.1, 0.15) is 12.2 Å². The predicted octanol–water partition coefficient (Wildman–Crippen LogP) is 2.36.